The summed E-state index contributed by atoms with van der Waals surface area (Å²) in [5.74, 6) is 0.433. The van der Waals surface area contributed by atoms with Crippen LogP contribution < -0.4 is 5.32 Å². The first-order chi connectivity index (χ1) is 9.03. The molecule has 0 aromatic carbocycles. The average Bonchev–Trinajstić information content (AvgIpc) is 2.76. The van der Waals surface area contributed by atoms with Crippen molar-refractivity contribution in [3.05, 3.63) is 11.7 Å². The van der Waals surface area contributed by atoms with Gasteiger partial charge in [-0.1, -0.05) is 5.16 Å². The molecule has 1 aliphatic rings. The Bertz CT molecular complexity index is 391. The van der Waals surface area contributed by atoms with E-state index in [0.717, 1.165) is 6.54 Å². The lowest BCUT2D eigenvalue weighted by atomic mass is 10.2. The molecule has 1 aromatic heterocycles. The van der Waals surface area contributed by atoms with Crippen molar-refractivity contribution in [1.29, 1.82) is 0 Å². The van der Waals surface area contributed by atoms with Crippen molar-refractivity contribution in [3.63, 3.8) is 0 Å². The molecule has 6 nitrogen and oxygen atoms in total. The fourth-order valence-corrected chi connectivity index (χ4v) is 1.64. The molecule has 9 heteroatoms. The zero-order valence-corrected chi connectivity index (χ0v) is 10.1. The van der Waals surface area contributed by atoms with Gasteiger partial charge in [-0.2, -0.15) is 18.2 Å². The molecule has 19 heavy (non-hydrogen) atoms. The van der Waals surface area contributed by atoms with E-state index in [1.54, 1.807) is 0 Å². The van der Waals surface area contributed by atoms with E-state index in [-0.39, 0.29) is 18.5 Å². The second kappa shape index (κ2) is 6.31. The number of hydrogen-bond acceptors (Lipinski definition) is 6. The molecule has 2 heterocycles. The van der Waals surface area contributed by atoms with Crippen LogP contribution in [-0.4, -0.2) is 48.7 Å². The Balaban J connectivity index is 1.75. The SMILES string of the molecule is FC(F)(F)COCc1noc(CC2CNCCO2)n1. The van der Waals surface area contributed by atoms with Gasteiger partial charge in [0, 0.05) is 13.1 Å². The van der Waals surface area contributed by atoms with Gasteiger partial charge in [0.05, 0.1) is 19.1 Å². The molecule has 1 atom stereocenters. The Kier molecular flexibility index (Phi) is 4.72. The van der Waals surface area contributed by atoms with E-state index in [1.165, 1.54) is 0 Å². The van der Waals surface area contributed by atoms with E-state index >= 15 is 0 Å². The van der Waals surface area contributed by atoms with Gasteiger partial charge in [0.2, 0.25) is 5.89 Å². The van der Waals surface area contributed by atoms with Crippen LogP contribution in [0.15, 0.2) is 4.52 Å². The van der Waals surface area contributed by atoms with Crippen molar-refractivity contribution in [3.8, 4) is 0 Å². The van der Waals surface area contributed by atoms with Crippen molar-refractivity contribution in [2.45, 2.75) is 25.3 Å². The molecule has 0 amide bonds. The largest absolute Gasteiger partial charge is 0.411 e. The molecule has 0 radical (unpaired) electrons. The van der Waals surface area contributed by atoms with Gasteiger partial charge in [0.15, 0.2) is 5.82 Å². The van der Waals surface area contributed by atoms with Crippen LogP contribution >= 0.6 is 0 Å². The van der Waals surface area contributed by atoms with E-state index in [9.17, 15) is 13.2 Å². The Labute approximate surface area is 107 Å². The minimum Gasteiger partial charge on any atom is -0.375 e. The second-order valence-electron chi connectivity index (χ2n) is 4.11. The van der Waals surface area contributed by atoms with Gasteiger partial charge >= 0.3 is 6.18 Å². The Morgan fingerprint density at radius 1 is 1.42 bits per heavy atom. The number of ether oxygens (including phenoxy) is 2. The number of rotatable bonds is 5. The quantitative estimate of drug-likeness (QED) is 0.856. The fourth-order valence-electron chi connectivity index (χ4n) is 1.64. The highest BCUT2D eigenvalue weighted by Gasteiger charge is 2.27. The van der Waals surface area contributed by atoms with Crippen LogP contribution in [0, 0.1) is 0 Å². The third kappa shape index (κ3) is 5.13. The van der Waals surface area contributed by atoms with Crippen LogP contribution in [0.1, 0.15) is 11.7 Å². The van der Waals surface area contributed by atoms with Crippen LogP contribution in [0.3, 0.4) is 0 Å². The molecule has 108 valence electrons. The number of aromatic nitrogens is 2. The van der Waals surface area contributed by atoms with Crippen LogP contribution in [0.4, 0.5) is 13.2 Å². The second-order valence-corrected chi connectivity index (χ2v) is 4.11. The smallest absolute Gasteiger partial charge is 0.375 e. The minimum atomic E-state index is -4.35. The molecule has 0 bridgehead atoms. The summed E-state index contributed by atoms with van der Waals surface area (Å²) < 4.78 is 50.4. The summed E-state index contributed by atoms with van der Waals surface area (Å²) in [4.78, 5) is 3.95. The maximum atomic E-state index is 11.9. The average molecular weight is 281 g/mol. The fraction of sp³-hybridized carbons (Fsp3) is 0.800. The normalized spacial score (nSPS) is 20.7. The minimum absolute atomic E-state index is 0.0573. The summed E-state index contributed by atoms with van der Waals surface area (Å²) in [6.07, 6.45) is -3.98. The summed E-state index contributed by atoms with van der Waals surface area (Å²) in [6, 6.07) is 0. The molecule has 0 aliphatic carbocycles. The molecule has 0 spiro atoms. The topological polar surface area (TPSA) is 69.4 Å². The van der Waals surface area contributed by atoms with Crippen LogP contribution in [0.2, 0.25) is 0 Å². The number of nitrogens with zero attached hydrogens (tertiary/aromatic N) is 2. The lowest BCUT2D eigenvalue weighted by Crippen LogP contribution is -2.39. The van der Waals surface area contributed by atoms with Gasteiger partial charge in [-0.25, -0.2) is 0 Å². The van der Waals surface area contributed by atoms with E-state index < -0.39 is 12.8 Å². The Morgan fingerprint density at radius 3 is 2.95 bits per heavy atom. The zero-order valence-electron chi connectivity index (χ0n) is 10.1. The molecular formula is C10H14F3N3O3. The summed E-state index contributed by atoms with van der Waals surface area (Å²) in [7, 11) is 0. The van der Waals surface area contributed by atoms with Gasteiger partial charge in [-0.15, -0.1) is 0 Å². The highest BCUT2D eigenvalue weighted by atomic mass is 19.4. The summed E-state index contributed by atoms with van der Waals surface area (Å²) >= 11 is 0. The monoisotopic (exact) mass is 281 g/mol. The van der Waals surface area contributed by atoms with E-state index in [1.807, 2.05) is 0 Å². The maximum absolute atomic E-state index is 11.9. The molecule has 2 rings (SSSR count). The molecule has 1 aliphatic heterocycles. The molecule has 1 aromatic rings. The van der Waals surface area contributed by atoms with Crippen LogP contribution in [0.25, 0.3) is 0 Å². The number of morpholine rings is 1. The molecular weight excluding hydrogens is 267 g/mol. The summed E-state index contributed by atoms with van der Waals surface area (Å²) in [5.41, 5.74) is 0. The van der Waals surface area contributed by atoms with Gasteiger partial charge in [0.25, 0.3) is 0 Å². The molecule has 1 saturated heterocycles. The first-order valence-corrected chi connectivity index (χ1v) is 5.81. The number of halogens is 3. The standard InChI is InChI=1S/C10H14F3N3O3/c11-10(12,13)6-17-5-8-15-9(19-16-8)3-7-4-14-1-2-18-7/h7,14H,1-6H2. The number of hydrogen-bond donors (Lipinski definition) is 1. The van der Waals surface area contributed by atoms with Gasteiger partial charge in [-0.05, 0) is 0 Å². The van der Waals surface area contributed by atoms with Crippen molar-refractivity contribution in [1.82, 2.24) is 15.5 Å². The first-order valence-electron chi connectivity index (χ1n) is 5.81. The van der Waals surface area contributed by atoms with Gasteiger partial charge in [-0.3, -0.25) is 0 Å². The van der Waals surface area contributed by atoms with E-state index in [0.29, 0.717) is 25.5 Å². The van der Waals surface area contributed by atoms with Gasteiger partial charge in [0.1, 0.15) is 13.2 Å². The van der Waals surface area contributed by atoms with Crippen molar-refractivity contribution in [2.75, 3.05) is 26.3 Å². The highest BCUT2D eigenvalue weighted by Crippen LogP contribution is 2.15. The number of nitrogens with one attached hydrogen (secondary N) is 1. The molecule has 1 N–H and O–H groups in total. The first kappa shape index (κ1) is 14.2. The predicted molar refractivity (Wildman–Crippen MR) is 56.3 cm³/mol. The van der Waals surface area contributed by atoms with Crippen LogP contribution in [-0.2, 0) is 22.5 Å². The van der Waals surface area contributed by atoms with E-state index in [2.05, 4.69) is 20.2 Å². The van der Waals surface area contributed by atoms with E-state index in [4.69, 9.17) is 9.26 Å². The predicted octanol–water partition coefficient (Wildman–Crippen LogP) is 0.679. The highest BCUT2D eigenvalue weighted by molar-refractivity contribution is 4.88. The molecule has 0 saturated carbocycles. The lowest BCUT2D eigenvalue weighted by molar-refractivity contribution is -0.177. The maximum Gasteiger partial charge on any atom is 0.411 e. The van der Waals surface area contributed by atoms with Crippen molar-refractivity contribution < 1.29 is 27.2 Å². The summed E-state index contributed by atoms with van der Waals surface area (Å²) in [6.45, 7) is 0.443. The third-order valence-electron chi connectivity index (χ3n) is 2.41. The van der Waals surface area contributed by atoms with Crippen LogP contribution in [0.5, 0.6) is 0 Å². The lowest BCUT2D eigenvalue weighted by Gasteiger charge is -2.21. The number of alkyl halides is 3. The molecule has 1 unspecified atom stereocenters. The molecule has 1 fully saturated rings. The van der Waals surface area contributed by atoms with Crippen molar-refractivity contribution in [2.24, 2.45) is 0 Å². The Hall–Kier alpha value is -1.19. The third-order valence-corrected chi connectivity index (χ3v) is 2.41. The Morgan fingerprint density at radius 2 is 2.26 bits per heavy atom. The van der Waals surface area contributed by atoms with Crippen molar-refractivity contribution >= 4 is 0 Å². The summed E-state index contributed by atoms with van der Waals surface area (Å²) in [5, 5.41) is 6.70. The zero-order chi connectivity index (χ0) is 13.7. The van der Waals surface area contributed by atoms with Gasteiger partial charge < -0.3 is 19.3 Å².